The van der Waals surface area contributed by atoms with Crippen LogP contribution < -0.4 is 14.8 Å². The van der Waals surface area contributed by atoms with Crippen LogP contribution in [0, 0.1) is 0 Å². The van der Waals surface area contributed by atoms with Gasteiger partial charge in [0.2, 0.25) is 0 Å². The minimum atomic E-state index is -0.534. The Labute approximate surface area is 144 Å². The molecular formula is C19H18N2O4. The maximum absolute atomic E-state index is 12.5. The first kappa shape index (κ1) is 15.5. The van der Waals surface area contributed by atoms with Gasteiger partial charge in [-0.2, -0.15) is 0 Å². The fourth-order valence-electron chi connectivity index (χ4n) is 2.93. The van der Waals surface area contributed by atoms with Gasteiger partial charge in [0.1, 0.15) is 5.69 Å². The maximum atomic E-state index is 12.5. The van der Waals surface area contributed by atoms with Gasteiger partial charge in [-0.15, -0.1) is 0 Å². The highest BCUT2D eigenvalue weighted by molar-refractivity contribution is 5.98. The molecule has 0 aliphatic carbocycles. The van der Waals surface area contributed by atoms with E-state index < -0.39 is 6.23 Å². The number of rotatable bonds is 3. The van der Waals surface area contributed by atoms with E-state index in [9.17, 15) is 9.90 Å². The molecule has 2 heterocycles. The zero-order valence-electron chi connectivity index (χ0n) is 13.5. The Morgan fingerprint density at radius 3 is 2.96 bits per heavy atom. The standard InChI is InChI=1S/C19H18N2O4/c22-11-13-5-3-7-16-18(13)25-17(8-9-24-16)21-19(23)15-10-12-4-1-2-6-14(12)20-15/h1-7,10,17,20,22H,8-9,11H2,(H,21,23). The number of aliphatic hydroxyl groups excluding tert-OH is 1. The highest BCUT2D eigenvalue weighted by atomic mass is 16.5. The first-order valence-corrected chi connectivity index (χ1v) is 8.15. The van der Waals surface area contributed by atoms with Crippen LogP contribution in [-0.4, -0.2) is 28.8 Å². The summed E-state index contributed by atoms with van der Waals surface area (Å²) < 4.78 is 11.6. The average molecular weight is 338 g/mol. The molecule has 0 radical (unpaired) electrons. The second-order valence-corrected chi connectivity index (χ2v) is 5.89. The molecule has 1 atom stereocenters. The van der Waals surface area contributed by atoms with Crippen LogP contribution in [0.15, 0.2) is 48.5 Å². The van der Waals surface area contributed by atoms with Crippen molar-refractivity contribution in [2.75, 3.05) is 6.61 Å². The molecule has 0 bridgehead atoms. The van der Waals surface area contributed by atoms with E-state index in [2.05, 4.69) is 10.3 Å². The summed E-state index contributed by atoms with van der Waals surface area (Å²) in [5.41, 5.74) is 2.01. The van der Waals surface area contributed by atoms with Crippen molar-refractivity contribution in [3.8, 4) is 11.5 Å². The minimum absolute atomic E-state index is 0.158. The number of hydrogen-bond donors (Lipinski definition) is 3. The normalized spacial score (nSPS) is 16.4. The lowest BCUT2D eigenvalue weighted by Crippen LogP contribution is -2.39. The first-order chi connectivity index (χ1) is 12.2. The van der Waals surface area contributed by atoms with Gasteiger partial charge in [-0.3, -0.25) is 4.79 Å². The van der Waals surface area contributed by atoms with Gasteiger partial charge in [0, 0.05) is 22.9 Å². The Morgan fingerprint density at radius 2 is 2.12 bits per heavy atom. The molecule has 4 rings (SSSR count). The molecule has 1 aliphatic heterocycles. The smallest absolute Gasteiger partial charge is 0.270 e. The van der Waals surface area contributed by atoms with Crippen LogP contribution in [0.3, 0.4) is 0 Å². The minimum Gasteiger partial charge on any atom is -0.489 e. The van der Waals surface area contributed by atoms with Crippen molar-refractivity contribution < 1.29 is 19.4 Å². The number of aromatic amines is 1. The van der Waals surface area contributed by atoms with Gasteiger partial charge < -0.3 is 24.9 Å². The number of amides is 1. The number of para-hydroxylation sites is 2. The summed E-state index contributed by atoms with van der Waals surface area (Å²) >= 11 is 0. The zero-order chi connectivity index (χ0) is 17.2. The summed E-state index contributed by atoms with van der Waals surface area (Å²) in [6.45, 7) is 0.259. The van der Waals surface area contributed by atoms with Crippen LogP contribution in [-0.2, 0) is 6.61 Å². The van der Waals surface area contributed by atoms with Crippen molar-refractivity contribution in [2.24, 2.45) is 0 Å². The topological polar surface area (TPSA) is 83.6 Å². The average Bonchev–Trinajstić information content (AvgIpc) is 2.96. The van der Waals surface area contributed by atoms with Gasteiger partial charge in [0.15, 0.2) is 17.7 Å². The molecule has 128 valence electrons. The number of nitrogens with one attached hydrogen (secondary N) is 2. The molecule has 3 N–H and O–H groups in total. The molecular weight excluding hydrogens is 320 g/mol. The number of benzene rings is 2. The highest BCUT2D eigenvalue weighted by Crippen LogP contribution is 2.34. The quantitative estimate of drug-likeness (QED) is 0.685. The SMILES string of the molecule is O=C(NC1CCOc2cccc(CO)c2O1)c1cc2ccccc2[nH]1. The molecule has 0 saturated carbocycles. The first-order valence-electron chi connectivity index (χ1n) is 8.15. The zero-order valence-corrected chi connectivity index (χ0v) is 13.5. The molecule has 2 aromatic carbocycles. The van der Waals surface area contributed by atoms with Crippen LogP contribution in [0.1, 0.15) is 22.5 Å². The molecule has 6 heteroatoms. The van der Waals surface area contributed by atoms with Gasteiger partial charge in [-0.1, -0.05) is 30.3 Å². The third-order valence-corrected chi connectivity index (χ3v) is 4.20. The molecule has 0 fully saturated rings. The summed E-state index contributed by atoms with van der Waals surface area (Å²) in [5.74, 6) is 0.810. The van der Waals surface area contributed by atoms with E-state index in [4.69, 9.17) is 9.47 Å². The van der Waals surface area contributed by atoms with Crippen molar-refractivity contribution in [3.05, 3.63) is 59.8 Å². The Morgan fingerprint density at radius 1 is 1.24 bits per heavy atom. The van der Waals surface area contributed by atoms with E-state index >= 15 is 0 Å². The summed E-state index contributed by atoms with van der Waals surface area (Å²) in [4.78, 5) is 15.7. The molecule has 3 aromatic rings. The van der Waals surface area contributed by atoms with Crippen LogP contribution >= 0.6 is 0 Å². The van der Waals surface area contributed by atoms with Crippen LogP contribution in [0.4, 0.5) is 0 Å². The van der Waals surface area contributed by atoms with Gasteiger partial charge in [-0.25, -0.2) is 0 Å². The number of carbonyl (C=O) groups is 1. The molecule has 1 unspecified atom stereocenters. The summed E-state index contributed by atoms with van der Waals surface area (Å²) in [7, 11) is 0. The van der Waals surface area contributed by atoms with Gasteiger partial charge in [0.05, 0.1) is 13.2 Å². The molecule has 25 heavy (non-hydrogen) atoms. The second-order valence-electron chi connectivity index (χ2n) is 5.89. The van der Waals surface area contributed by atoms with Crippen molar-refractivity contribution in [2.45, 2.75) is 19.3 Å². The Balaban J connectivity index is 1.54. The van der Waals surface area contributed by atoms with E-state index in [0.29, 0.717) is 35.8 Å². The van der Waals surface area contributed by atoms with Crippen molar-refractivity contribution in [1.29, 1.82) is 0 Å². The Bertz CT molecular complexity index is 886. The van der Waals surface area contributed by atoms with E-state index in [1.807, 2.05) is 30.3 Å². The van der Waals surface area contributed by atoms with E-state index in [-0.39, 0.29) is 12.5 Å². The number of H-pyrrole nitrogens is 1. The van der Waals surface area contributed by atoms with Crippen LogP contribution in [0.25, 0.3) is 10.9 Å². The van der Waals surface area contributed by atoms with Crippen molar-refractivity contribution in [1.82, 2.24) is 10.3 Å². The molecule has 6 nitrogen and oxygen atoms in total. The molecule has 0 spiro atoms. The highest BCUT2D eigenvalue weighted by Gasteiger charge is 2.23. The van der Waals surface area contributed by atoms with Gasteiger partial charge in [-0.05, 0) is 18.2 Å². The summed E-state index contributed by atoms with van der Waals surface area (Å²) in [6, 6.07) is 14.9. The number of aromatic nitrogens is 1. The second kappa shape index (κ2) is 6.49. The lowest BCUT2D eigenvalue weighted by molar-refractivity contribution is 0.0810. The Kier molecular flexibility index (Phi) is 4.03. The monoisotopic (exact) mass is 338 g/mol. The number of carbonyl (C=O) groups excluding carboxylic acids is 1. The molecule has 1 aromatic heterocycles. The largest absolute Gasteiger partial charge is 0.489 e. The van der Waals surface area contributed by atoms with Crippen LogP contribution in [0.5, 0.6) is 11.5 Å². The van der Waals surface area contributed by atoms with E-state index in [1.165, 1.54) is 0 Å². The fraction of sp³-hybridized carbons (Fsp3) is 0.211. The predicted octanol–water partition coefficient (Wildman–Crippen LogP) is 2.58. The third kappa shape index (κ3) is 3.04. The van der Waals surface area contributed by atoms with Gasteiger partial charge >= 0.3 is 0 Å². The van der Waals surface area contributed by atoms with E-state index in [0.717, 1.165) is 10.9 Å². The molecule has 1 aliphatic rings. The number of fused-ring (bicyclic) bond motifs is 2. The molecule has 1 amide bonds. The third-order valence-electron chi connectivity index (χ3n) is 4.20. The summed E-state index contributed by atoms with van der Waals surface area (Å²) in [5, 5.41) is 13.3. The Hall–Kier alpha value is -2.99. The lowest BCUT2D eigenvalue weighted by atomic mass is 10.2. The summed E-state index contributed by atoms with van der Waals surface area (Å²) in [6.07, 6.45) is -0.0289. The van der Waals surface area contributed by atoms with Crippen molar-refractivity contribution in [3.63, 3.8) is 0 Å². The van der Waals surface area contributed by atoms with Gasteiger partial charge in [0.25, 0.3) is 5.91 Å². The van der Waals surface area contributed by atoms with Crippen molar-refractivity contribution >= 4 is 16.8 Å². The number of aliphatic hydroxyl groups is 1. The number of ether oxygens (including phenoxy) is 2. The maximum Gasteiger partial charge on any atom is 0.270 e. The molecule has 0 saturated heterocycles. The predicted molar refractivity (Wildman–Crippen MR) is 92.7 cm³/mol. The lowest BCUT2D eigenvalue weighted by Gasteiger charge is -2.18. The fourth-order valence-corrected chi connectivity index (χ4v) is 2.93. The number of hydrogen-bond acceptors (Lipinski definition) is 4. The van der Waals surface area contributed by atoms with Crippen LogP contribution in [0.2, 0.25) is 0 Å². The van der Waals surface area contributed by atoms with E-state index in [1.54, 1.807) is 18.2 Å².